The zero-order valence-corrected chi connectivity index (χ0v) is 10.7. The first-order valence-electron chi connectivity index (χ1n) is 5.94. The van der Waals surface area contributed by atoms with Crippen LogP contribution in [-0.2, 0) is 9.59 Å². The van der Waals surface area contributed by atoms with Gasteiger partial charge in [0.2, 0.25) is 5.91 Å². The van der Waals surface area contributed by atoms with Gasteiger partial charge in [-0.15, -0.1) is 0 Å². The molecule has 0 aromatic carbocycles. The molecule has 5 N–H and O–H groups in total. The lowest BCUT2D eigenvalue weighted by Crippen LogP contribution is -2.49. The van der Waals surface area contributed by atoms with Gasteiger partial charge in [-0.25, -0.2) is 9.59 Å². The Morgan fingerprint density at radius 3 is 2.39 bits per heavy atom. The Balaban J connectivity index is 4.03. The van der Waals surface area contributed by atoms with E-state index in [1.807, 2.05) is 6.92 Å². The second kappa shape index (κ2) is 8.32. The fourth-order valence-electron chi connectivity index (χ4n) is 1.34. The Morgan fingerprint density at radius 1 is 1.33 bits per heavy atom. The molecule has 0 spiro atoms. The molecule has 7 nitrogen and oxygen atoms in total. The normalized spacial score (nSPS) is 13.4. The van der Waals surface area contributed by atoms with E-state index in [4.69, 9.17) is 10.8 Å². The molecule has 7 heteroatoms. The largest absolute Gasteiger partial charge is 0.480 e. The van der Waals surface area contributed by atoms with E-state index in [-0.39, 0.29) is 18.9 Å². The number of aliphatic carboxylic acids is 1. The Hall–Kier alpha value is -1.79. The molecular weight excluding hydrogens is 238 g/mol. The fourth-order valence-corrected chi connectivity index (χ4v) is 1.34. The van der Waals surface area contributed by atoms with Crippen LogP contribution in [0, 0.1) is 5.92 Å². The Bertz CT molecular complexity index is 307. The molecule has 3 amide bonds. The number of hydrogen-bond donors (Lipinski definition) is 4. The van der Waals surface area contributed by atoms with E-state index < -0.39 is 23.9 Å². The van der Waals surface area contributed by atoms with E-state index in [0.29, 0.717) is 12.8 Å². The molecular formula is C11H21N3O4. The second-order valence-electron chi connectivity index (χ2n) is 4.17. The second-order valence-corrected chi connectivity index (χ2v) is 4.17. The summed E-state index contributed by atoms with van der Waals surface area (Å²) in [6.07, 6.45) is 1.27. The highest BCUT2D eigenvalue weighted by atomic mass is 16.4. The number of nitrogens with one attached hydrogen (secondary N) is 2. The lowest BCUT2D eigenvalue weighted by Gasteiger charge is -2.20. The Kier molecular flexibility index (Phi) is 7.50. The van der Waals surface area contributed by atoms with Gasteiger partial charge in [-0.05, 0) is 12.3 Å². The number of carbonyl (C=O) groups is 3. The molecule has 0 fully saturated rings. The molecule has 0 radical (unpaired) electrons. The van der Waals surface area contributed by atoms with Gasteiger partial charge < -0.3 is 21.5 Å². The van der Waals surface area contributed by atoms with Crippen molar-refractivity contribution in [3.63, 3.8) is 0 Å². The molecule has 0 aliphatic carbocycles. The van der Waals surface area contributed by atoms with Gasteiger partial charge in [-0.3, -0.25) is 4.79 Å². The van der Waals surface area contributed by atoms with Crippen molar-refractivity contribution in [2.24, 2.45) is 11.7 Å². The van der Waals surface area contributed by atoms with Crippen LogP contribution in [0.3, 0.4) is 0 Å². The van der Waals surface area contributed by atoms with Crippen LogP contribution in [-0.4, -0.2) is 35.6 Å². The Morgan fingerprint density at radius 2 is 1.94 bits per heavy atom. The number of hydrogen-bond acceptors (Lipinski definition) is 3. The molecule has 0 bridgehead atoms. The SMILES string of the molecule is CC[C@H](C)[C@H](NC(=O)NCCCC(N)=O)C(=O)O. The first-order chi connectivity index (χ1) is 8.38. The molecule has 104 valence electrons. The predicted octanol–water partition coefficient (Wildman–Crippen LogP) is 0.0504. The molecule has 2 atom stereocenters. The number of rotatable bonds is 8. The van der Waals surface area contributed by atoms with Crippen LogP contribution in [0.25, 0.3) is 0 Å². The maximum Gasteiger partial charge on any atom is 0.326 e. The van der Waals surface area contributed by atoms with Crippen molar-refractivity contribution < 1.29 is 19.5 Å². The van der Waals surface area contributed by atoms with Gasteiger partial charge in [-0.1, -0.05) is 20.3 Å². The van der Waals surface area contributed by atoms with Crippen molar-refractivity contribution in [3.05, 3.63) is 0 Å². The molecule has 0 saturated heterocycles. The number of urea groups is 1. The van der Waals surface area contributed by atoms with Crippen LogP contribution in [0.4, 0.5) is 4.79 Å². The van der Waals surface area contributed by atoms with Crippen LogP contribution < -0.4 is 16.4 Å². The minimum atomic E-state index is -1.06. The summed E-state index contributed by atoms with van der Waals surface area (Å²) in [5.41, 5.74) is 4.94. The van der Waals surface area contributed by atoms with Crippen molar-refractivity contribution in [1.82, 2.24) is 10.6 Å². The summed E-state index contributed by atoms with van der Waals surface area (Å²) in [5.74, 6) is -1.64. The summed E-state index contributed by atoms with van der Waals surface area (Å²) in [6.45, 7) is 3.89. The third-order valence-electron chi connectivity index (χ3n) is 2.65. The maximum absolute atomic E-state index is 11.4. The number of primary amides is 1. The van der Waals surface area contributed by atoms with Crippen LogP contribution in [0.2, 0.25) is 0 Å². The average Bonchev–Trinajstić information content (AvgIpc) is 2.30. The third kappa shape index (κ3) is 6.72. The number of carboxylic acids is 1. The number of carboxylic acid groups (broad SMARTS) is 1. The summed E-state index contributed by atoms with van der Waals surface area (Å²) in [4.78, 5) is 32.8. The molecule has 0 aliphatic heterocycles. The van der Waals surface area contributed by atoms with E-state index in [9.17, 15) is 14.4 Å². The average molecular weight is 259 g/mol. The third-order valence-corrected chi connectivity index (χ3v) is 2.65. The van der Waals surface area contributed by atoms with Gasteiger partial charge >= 0.3 is 12.0 Å². The molecule has 18 heavy (non-hydrogen) atoms. The monoisotopic (exact) mass is 259 g/mol. The van der Waals surface area contributed by atoms with Gasteiger partial charge in [0.05, 0.1) is 0 Å². The molecule has 0 saturated carbocycles. The minimum absolute atomic E-state index is 0.154. The van der Waals surface area contributed by atoms with Gasteiger partial charge in [0.25, 0.3) is 0 Å². The van der Waals surface area contributed by atoms with E-state index >= 15 is 0 Å². The summed E-state index contributed by atoms with van der Waals surface area (Å²) in [5, 5.41) is 13.8. The lowest BCUT2D eigenvalue weighted by atomic mass is 9.99. The first kappa shape index (κ1) is 16.2. The molecule has 0 unspecified atom stereocenters. The minimum Gasteiger partial charge on any atom is -0.480 e. The summed E-state index contributed by atoms with van der Waals surface area (Å²) >= 11 is 0. The zero-order chi connectivity index (χ0) is 14.1. The van der Waals surface area contributed by atoms with Crippen LogP contribution >= 0.6 is 0 Å². The van der Waals surface area contributed by atoms with Crippen molar-refractivity contribution >= 4 is 17.9 Å². The van der Waals surface area contributed by atoms with Crippen molar-refractivity contribution in [2.45, 2.75) is 39.2 Å². The van der Waals surface area contributed by atoms with E-state index in [1.165, 1.54) is 0 Å². The van der Waals surface area contributed by atoms with E-state index in [2.05, 4.69) is 10.6 Å². The van der Waals surface area contributed by atoms with Gasteiger partial charge in [0.15, 0.2) is 0 Å². The molecule has 0 rings (SSSR count). The zero-order valence-electron chi connectivity index (χ0n) is 10.7. The number of amides is 3. The highest BCUT2D eigenvalue weighted by molar-refractivity contribution is 5.82. The molecule has 0 aromatic rings. The quantitative estimate of drug-likeness (QED) is 0.460. The molecule has 0 aromatic heterocycles. The highest BCUT2D eigenvalue weighted by Gasteiger charge is 2.24. The van der Waals surface area contributed by atoms with Crippen molar-refractivity contribution in [2.75, 3.05) is 6.54 Å². The lowest BCUT2D eigenvalue weighted by molar-refractivity contribution is -0.140. The summed E-state index contributed by atoms with van der Waals surface area (Å²) in [6, 6.07) is -1.46. The van der Waals surface area contributed by atoms with Gasteiger partial charge in [0.1, 0.15) is 6.04 Å². The fraction of sp³-hybridized carbons (Fsp3) is 0.727. The van der Waals surface area contributed by atoms with Crippen molar-refractivity contribution in [1.29, 1.82) is 0 Å². The highest BCUT2D eigenvalue weighted by Crippen LogP contribution is 2.07. The molecule has 0 heterocycles. The number of nitrogens with two attached hydrogens (primary N) is 1. The standard InChI is InChI=1S/C11H21N3O4/c1-3-7(2)9(10(16)17)14-11(18)13-6-4-5-8(12)15/h7,9H,3-6H2,1-2H3,(H2,12,15)(H,16,17)(H2,13,14,18)/t7-,9-/m0/s1. The topological polar surface area (TPSA) is 122 Å². The summed E-state index contributed by atoms with van der Waals surface area (Å²) < 4.78 is 0. The van der Waals surface area contributed by atoms with E-state index in [0.717, 1.165) is 0 Å². The van der Waals surface area contributed by atoms with Gasteiger partial charge in [-0.2, -0.15) is 0 Å². The number of carbonyl (C=O) groups excluding carboxylic acids is 2. The molecule has 0 aliphatic rings. The van der Waals surface area contributed by atoms with Crippen molar-refractivity contribution in [3.8, 4) is 0 Å². The van der Waals surface area contributed by atoms with Crippen LogP contribution in [0.5, 0.6) is 0 Å². The maximum atomic E-state index is 11.4. The van der Waals surface area contributed by atoms with Crippen LogP contribution in [0.15, 0.2) is 0 Å². The summed E-state index contributed by atoms with van der Waals surface area (Å²) in [7, 11) is 0. The predicted molar refractivity (Wildman–Crippen MR) is 65.8 cm³/mol. The van der Waals surface area contributed by atoms with E-state index in [1.54, 1.807) is 6.92 Å². The van der Waals surface area contributed by atoms with Crippen LogP contribution in [0.1, 0.15) is 33.1 Å². The smallest absolute Gasteiger partial charge is 0.326 e. The Labute approximate surface area is 106 Å². The van der Waals surface area contributed by atoms with Gasteiger partial charge in [0, 0.05) is 13.0 Å². The first-order valence-corrected chi connectivity index (χ1v) is 5.94.